The summed E-state index contributed by atoms with van der Waals surface area (Å²) in [7, 11) is 1.66. The van der Waals surface area contributed by atoms with E-state index in [1.165, 1.54) is 5.56 Å². The third-order valence-electron chi connectivity index (χ3n) is 8.25. The number of hydrogen-bond acceptors (Lipinski definition) is 10. The number of methoxy groups -OCH3 is 1. The molecule has 0 spiro atoms. The van der Waals surface area contributed by atoms with Gasteiger partial charge in [-0.2, -0.15) is 5.26 Å². The van der Waals surface area contributed by atoms with Crippen molar-refractivity contribution in [2.45, 2.75) is 25.4 Å². The Balaban J connectivity index is 1.14. The van der Waals surface area contributed by atoms with E-state index >= 15 is 0 Å². The Morgan fingerprint density at radius 1 is 0.935 bits per heavy atom. The van der Waals surface area contributed by atoms with Crippen LogP contribution in [0.5, 0.6) is 5.75 Å². The zero-order chi connectivity index (χ0) is 31.5. The van der Waals surface area contributed by atoms with E-state index in [4.69, 9.17) is 25.7 Å². The number of hydrogen-bond donors (Lipinski definition) is 2. The van der Waals surface area contributed by atoms with Gasteiger partial charge in [0.05, 0.1) is 18.4 Å². The van der Waals surface area contributed by atoms with Gasteiger partial charge < -0.3 is 15.8 Å². The summed E-state index contributed by atoms with van der Waals surface area (Å²) < 4.78 is 7.50. The predicted molar refractivity (Wildman–Crippen MR) is 177 cm³/mol. The first-order valence-electron chi connectivity index (χ1n) is 15.1. The lowest BCUT2D eigenvalue weighted by molar-refractivity contribution is 0.211. The van der Waals surface area contributed by atoms with Gasteiger partial charge in [0, 0.05) is 49.3 Å². The largest absolute Gasteiger partial charge is 0.497 e. The summed E-state index contributed by atoms with van der Waals surface area (Å²) in [6.07, 6.45) is 5.27. The van der Waals surface area contributed by atoms with Crippen molar-refractivity contribution in [1.29, 1.82) is 5.26 Å². The average molecular weight is 609 g/mol. The zero-order valence-electron chi connectivity index (χ0n) is 25.3. The average Bonchev–Trinajstić information content (AvgIpc) is 3.48. The lowest BCUT2D eigenvalue weighted by Gasteiger charge is -2.32. The molecule has 7 rings (SSSR count). The van der Waals surface area contributed by atoms with E-state index in [1.807, 2.05) is 54.6 Å². The molecule has 1 fully saturated rings. The number of anilines is 2. The normalized spacial score (nSPS) is 13.8. The molecule has 5 heterocycles. The molecule has 0 saturated carbocycles. The quantitative estimate of drug-likeness (QED) is 0.228. The highest BCUT2D eigenvalue weighted by Crippen LogP contribution is 2.32. The van der Waals surface area contributed by atoms with Gasteiger partial charge in [0.25, 0.3) is 0 Å². The smallest absolute Gasteiger partial charge is 0.234 e. The topological polar surface area (TPSA) is 144 Å². The van der Waals surface area contributed by atoms with Crippen molar-refractivity contribution in [3.63, 3.8) is 0 Å². The zero-order valence-corrected chi connectivity index (χ0v) is 25.3. The van der Waals surface area contributed by atoms with E-state index in [0.717, 1.165) is 71.9 Å². The van der Waals surface area contributed by atoms with Gasteiger partial charge in [-0.15, -0.1) is 0 Å². The maximum atomic E-state index is 9.08. The van der Waals surface area contributed by atoms with Crippen LogP contribution in [0.25, 0.3) is 39.5 Å². The second-order valence-corrected chi connectivity index (χ2v) is 11.2. The molecular formula is C35H32N10O. The summed E-state index contributed by atoms with van der Waals surface area (Å²) >= 11 is 0. The van der Waals surface area contributed by atoms with Crippen molar-refractivity contribution in [3.8, 4) is 40.2 Å². The van der Waals surface area contributed by atoms with Gasteiger partial charge in [-0.25, -0.2) is 24.9 Å². The summed E-state index contributed by atoms with van der Waals surface area (Å²) in [4.78, 5) is 25.0. The number of aromatic nitrogens is 6. The Morgan fingerprint density at radius 2 is 1.78 bits per heavy atom. The summed E-state index contributed by atoms with van der Waals surface area (Å²) in [5.41, 5.74) is 12.5. The molecule has 6 aromatic rings. The summed E-state index contributed by atoms with van der Waals surface area (Å²) in [6, 6.07) is 28.3. The van der Waals surface area contributed by atoms with Crippen LogP contribution >= 0.6 is 0 Å². The van der Waals surface area contributed by atoms with Gasteiger partial charge >= 0.3 is 0 Å². The van der Waals surface area contributed by atoms with Crippen molar-refractivity contribution in [3.05, 3.63) is 103 Å². The van der Waals surface area contributed by atoms with Gasteiger partial charge in [-0.3, -0.25) is 9.47 Å². The SMILES string of the molecule is COc1cccc(-c2ccc3nc(-c4cccnc4N)n(-c4ccc(CN5CCC(Nc6ccnc(C#N)n6)CC5)cc4)c3n2)c1. The van der Waals surface area contributed by atoms with Crippen molar-refractivity contribution in [1.82, 2.24) is 34.4 Å². The van der Waals surface area contributed by atoms with Gasteiger partial charge in [0.15, 0.2) is 11.5 Å². The number of nitrogens with zero attached hydrogens (tertiary/aromatic N) is 8. The third kappa shape index (κ3) is 5.94. The minimum Gasteiger partial charge on any atom is -0.497 e. The Kier molecular flexibility index (Phi) is 7.93. The molecule has 1 aliphatic rings. The van der Waals surface area contributed by atoms with Crippen LogP contribution in [0.3, 0.4) is 0 Å². The van der Waals surface area contributed by atoms with Crippen LogP contribution in [-0.2, 0) is 6.54 Å². The van der Waals surface area contributed by atoms with Gasteiger partial charge in [0.1, 0.15) is 29.0 Å². The lowest BCUT2D eigenvalue weighted by Crippen LogP contribution is -2.38. The maximum Gasteiger partial charge on any atom is 0.234 e. The standard InChI is InChI=1S/C35H32N10O/c1-46-27-5-2-4-24(20-27)29-11-12-30-35(41-29)45(34(42-30)28-6-3-16-39-33(28)37)26-9-7-23(8-10-26)22-44-18-14-25(15-19-44)40-31-13-17-38-32(21-36)43-31/h2-13,16-17,20,25H,14-15,18-19,22H2,1H3,(H2,37,39)(H,38,40,43). The van der Waals surface area contributed by atoms with Gasteiger partial charge in [-0.1, -0.05) is 24.3 Å². The van der Waals surface area contributed by atoms with E-state index in [2.05, 4.69) is 54.0 Å². The van der Waals surface area contributed by atoms with E-state index in [0.29, 0.717) is 23.5 Å². The molecule has 228 valence electrons. The molecule has 1 aliphatic heterocycles. The fraction of sp³-hybridized carbons (Fsp3) is 0.200. The number of ether oxygens (including phenoxy) is 1. The minimum absolute atomic E-state index is 0.179. The second kappa shape index (κ2) is 12.6. The van der Waals surface area contributed by atoms with Crippen LogP contribution in [0, 0.1) is 11.3 Å². The molecule has 46 heavy (non-hydrogen) atoms. The summed E-state index contributed by atoms with van der Waals surface area (Å²) in [5, 5.41) is 12.5. The van der Waals surface area contributed by atoms with Crippen molar-refractivity contribution >= 4 is 22.8 Å². The monoisotopic (exact) mass is 608 g/mol. The van der Waals surface area contributed by atoms with Gasteiger partial charge in [-0.05, 0) is 73.0 Å². The Morgan fingerprint density at radius 3 is 2.57 bits per heavy atom. The number of rotatable bonds is 8. The van der Waals surface area contributed by atoms with Crippen LogP contribution in [0.1, 0.15) is 24.2 Å². The van der Waals surface area contributed by atoms with Gasteiger partial charge in [0.2, 0.25) is 5.82 Å². The number of nitriles is 1. The molecule has 0 radical (unpaired) electrons. The highest BCUT2D eigenvalue weighted by Gasteiger charge is 2.21. The van der Waals surface area contributed by atoms with Crippen LogP contribution in [-0.4, -0.2) is 60.6 Å². The van der Waals surface area contributed by atoms with E-state index in [9.17, 15) is 0 Å². The number of imidazole rings is 1. The third-order valence-corrected chi connectivity index (χ3v) is 8.25. The molecular weight excluding hydrogens is 576 g/mol. The van der Waals surface area contributed by atoms with Crippen LogP contribution in [0.2, 0.25) is 0 Å². The lowest BCUT2D eigenvalue weighted by atomic mass is 10.0. The molecule has 0 atom stereocenters. The molecule has 2 aromatic carbocycles. The van der Waals surface area contributed by atoms with E-state index in [1.54, 1.807) is 25.6 Å². The van der Waals surface area contributed by atoms with Crippen LogP contribution in [0.15, 0.2) is 91.3 Å². The molecule has 0 bridgehead atoms. The number of nitrogen functional groups attached to an aromatic ring is 1. The van der Waals surface area contributed by atoms with Crippen LogP contribution < -0.4 is 15.8 Å². The number of piperidine rings is 1. The molecule has 3 N–H and O–H groups in total. The van der Waals surface area contributed by atoms with Crippen molar-refractivity contribution in [2.75, 3.05) is 31.2 Å². The molecule has 0 aliphatic carbocycles. The first-order valence-corrected chi connectivity index (χ1v) is 15.1. The second-order valence-electron chi connectivity index (χ2n) is 11.2. The highest BCUT2D eigenvalue weighted by atomic mass is 16.5. The van der Waals surface area contributed by atoms with E-state index < -0.39 is 0 Å². The highest BCUT2D eigenvalue weighted by molar-refractivity contribution is 5.84. The molecule has 11 nitrogen and oxygen atoms in total. The first-order chi connectivity index (χ1) is 22.6. The number of likely N-dealkylation sites (tertiary alicyclic amines) is 1. The molecule has 11 heteroatoms. The minimum atomic E-state index is 0.179. The van der Waals surface area contributed by atoms with Crippen molar-refractivity contribution < 1.29 is 4.74 Å². The molecule has 4 aromatic heterocycles. The number of nitrogens with one attached hydrogen (secondary N) is 1. The Hall–Kier alpha value is -5.86. The number of nitrogens with two attached hydrogens (primary N) is 1. The molecule has 0 unspecified atom stereocenters. The Bertz CT molecular complexity index is 2040. The summed E-state index contributed by atoms with van der Waals surface area (Å²) in [5.74, 6) is 2.74. The van der Waals surface area contributed by atoms with Crippen molar-refractivity contribution in [2.24, 2.45) is 0 Å². The maximum absolute atomic E-state index is 9.08. The molecule has 0 amide bonds. The predicted octanol–water partition coefficient (Wildman–Crippen LogP) is 5.48. The number of fused-ring (bicyclic) bond motifs is 1. The fourth-order valence-corrected chi connectivity index (χ4v) is 5.88. The van der Waals surface area contributed by atoms with E-state index in [-0.39, 0.29) is 5.82 Å². The fourth-order valence-electron chi connectivity index (χ4n) is 5.88. The number of pyridine rings is 2. The first kappa shape index (κ1) is 28.9. The summed E-state index contributed by atoms with van der Waals surface area (Å²) in [6.45, 7) is 2.77. The Labute approximate surface area is 266 Å². The van der Waals surface area contributed by atoms with Crippen LogP contribution in [0.4, 0.5) is 11.6 Å². The molecule has 1 saturated heterocycles. The number of benzene rings is 2.